The Balaban J connectivity index is 1.94. The minimum atomic E-state index is -1.10. The molecule has 0 saturated carbocycles. The fourth-order valence-electron chi connectivity index (χ4n) is 3.12. The van der Waals surface area contributed by atoms with Crippen LogP contribution in [0.25, 0.3) is 11.0 Å². The molecule has 0 aliphatic carbocycles. The third-order valence-electron chi connectivity index (χ3n) is 4.77. The van der Waals surface area contributed by atoms with Crippen LogP contribution < -0.4 is 16.8 Å². The monoisotopic (exact) mass is 364 g/mol. The topological polar surface area (TPSA) is 172 Å². The third kappa shape index (κ3) is 3.12. The molecule has 1 saturated heterocycles. The molecule has 5 atom stereocenters. The van der Waals surface area contributed by atoms with E-state index >= 15 is 0 Å². The van der Waals surface area contributed by atoms with Crippen molar-refractivity contribution in [1.82, 2.24) is 20.3 Å². The summed E-state index contributed by atoms with van der Waals surface area (Å²) in [6, 6.07) is -2.05. The number of hydrogen-bond donors (Lipinski definition) is 6. The minimum absolute atomic E-state index is 0.110. The molecule has 3 heterocycles. The van der Waals surface area contributed by atoms with Crippen molar-refractivity contribution in [1.29, 1.82) is 0 Å². The lowest BCUT2D eigenvalue weighted by Crippen LogP contribution is -2.43. The molecule has 5 unspecified atom stereocenters. The second kappa shape index (κ2) is 7.16. The van der Waals surface area contributed by atoms with Gasteiger partial charge in [0.1, 0.15) is 30.1 Å². The standard InChI is InChI=1S/C16H24N6O4/c1-6(2)9(17)16(25)26-14-11(22-8(4-23)13(14)24)7-3-19-12-10(7)20-5-21-15(12)18/h3,5-6,8-9,11,13-14,19,22-24H,4,17H2,1-2H3,(H2,18,20,21). The zero-order valence-electron chi connectivity index (χ0n) is 14.6. The van der Waals surface area contributed by atoms with E-state index in [4.69, 9.17) is 16.2 Å². The number of nitrogens with two attached hydrogens (primary N) is 2. The number of hydrogen-bond acceptors (Lipinski definition) is 9. The van der Waals surface area contributed by atoms with Crippen molar-refractivity contribution < 1.29 is 19.7 Å². The van der Waals surface area contributed by atoms with Crippen molar-refractivity contribution in [2.24, 2.45) is 11.7 Å². The molecule has 0 aromatic carbocycles. The number of ether oxygens (including phenoxy) is 1. The molecular weight excluding hydrogens is 340 g/mol. The highest BCUT2D eigenvalue weighted by molar-refractivity contribution is 5.87. The Hall–Kier alpha value is -2.27. The van der Waals surface area contributed by atoms with Gasteiger partial charge in [-0.2, -0.15) is 0 Å². The number of aromatic amines is 1. The van der Waals surface area contributed by atoms with Crippen LogP contribution in [0.4, 0.5) is 5.82 Å². The number of esters is 1. The van der Waals surface area contributed by atoms with E-state index in [0.717, 1.165) is 0 Å². The number of nitrogen functional groups attached to an aromatic ring is 1. The summed E-state index contributed by atoms with van der Waals surface area (Å²) < 4.78 is 5.52. The smallest absolute Gasteiger partial charge is 0.323 e. The number of rotatable bonds is 5. The van der Waals surface area contributed by atoms with Gasteiger partial charge in [-0.1, -0.05) is 13.8 Å². The van der Waals surface area contributed by atoms with E-state index in [1.165, 1.54) is 6.33 Å². The van der Waals surface area contributed by atoms with Crippen LogP contribution in [-0.2, 0) is 9.53 Å². The van der Waals surface area contributed by atoms with Gasteiger partial charge in [-0.05, 0) is 5.92 Å². The Labute approximate surface area is 149 Å². The molecule has 2 aromatic heterocycles. The van der Waals surface area contributed by atoms with Crippen LogP contribution >= 0.6 is 0 Å². The Morgan fingerprint density at radius 3 is 2.81 bits per heavy atom. The van der Waals surface area contributed by atoms with E-state index in [0.29, 0.717) is 16.6 Å². The van der Waals surface area contributed by atoms with Crippen LogP contribution in [0.2, 0.25) is 0 Å². The number of fused-ring (bicyclic) bond motifs is 1. The number of nitrogens with one attached hydrogen (secondary N) is 2. The first-order chi connectivity index (χ1) is 12.3. The predicted molar refractivity (Wildman–Crippen MR) is 93.8 cm³/mol. The number of carbonyl (C=O) groups excluding carboxylic acids is 1. The summed E-state index contributed by atoms with van der Waals surface area (Å²) in [5.74, 6) is -0.431. The van der Waals surface area contributed by atoms with Gasteiger partial charge in [-0.3, -0.25) is 10.1 Å². The number of aliphatic hydroxyl groups is 2. The van der Waals surface area contributed by atoms with Crippen LogP contribution in [0.1, 0.15) is 25.5 Å². The van der Waals surface area contributed by atoms with Gasteiger partial charge in [0.05, 0.1) is 24.2 Å². The van der Waals surface area contributed by atoms with Gasteiger partial charge >= 0.3 is 5.97 Å². The maximum atomic E-state index is 12.3. The first kappa shape index (κ1) is 18.5. The van der Waals surface area contributed by atoms with Gasteiger partial charge in [-0.15, -0.1) is 0 Å². The summed E-state index contributed by atoms with van der Waals surface area (Å²) in [5.41, 5.74) is 13.5. The number of aliphatic hydroxyl groups excluding tert-OH is 2. The zero-order chi connectivity index (χ0) is 19.0. The first-order valence-corrected chi connectivity index (χ1v) is 8.43. The molecule has 1 aliphatic heterocycles. The predicted octanol–water partition coefficient (Wildman–Crippen LogP) is -1.20. The molecule has 1 fully saturated rings. The van der Waals surface area contributed by atoms with Gasteiger partial charge in [0.2, 0.25) is 0 Å². The molecule has 1 aliphatic rings. The fraction of sp³-hybridized carbons (Fsp3) is 0.562. The van der Waals surface area contributed by atoms with E-state index in [9.17, 15) is 15.0 Å². The molecule has 2 aromatic rings. The lowest BCUT2D eigenvalue weighted by molar-refractivity contribution is -0.157. The highest BCUT2D eigenvalue weighted by Crippen LogP contribution is 2.34. The lowest BCUT2D eigenvalue weighted by atomic mass is 10.0. The van der Waals surface area contributed by atoms with Gasteiger partial charge in [0.15, 0.2) is 5.82 Å². The number of aromatic nitrogens is 3. The van der Waals surface area contributed by atoms with Crippen LogP contribution in [0, 0.1) is 5.92 Å². The summed E-state index contributed by atoms with van der Waals surface area (Å²) in [6.07, 6.45) is 0.972. The maximum Gasteiger partial charge on any atom is 0.323 e. The van der Waals surface area contributed by atoms with Crippen molar-refractivity contribution >= 4 is 22.8 Å². The average Bonchev–Trinajstić information content (AvgIpc) is 3.17. The van der Waals surface area contributed by atoms with E-state index in [1.807, 2.05) is 13.8 Å². The summed E-state index contributed by atoms with van der Waals surface area (Å²) in [5, 5.41) is 23.1. The molecule has 10 nitrogen and oxygen atoms in total. The van der Waals surface area contributed by atoms with Crippen LogP contribution in [0.3, 0.4) is 0 Å². The molecule has 26 heavy (non-hydrogen) atoms. The molecule has 0 amide bonds. The zero-order valence-corrected chi connectivity index (χ0v) is 14.6. The maximum absolute atomic E-state index is 12.3. The summed E-state index contributed by atoms with van der Waals surface area (Å²) in [7, 11) is 0. The Morgan fingerprint density at radius 2 is 2.15 bits per heavy atom. The molecule has 0 bridgehead atoms. The molecule has 10 heteroatoms. The third-order valence-corrected chi connectivity index (χ3v) is 4.77. The number of H-pyrrole nitrogens is 1. The van der Waals surface area contributed by atoms with Gasteiger partial charge in [0, 0.05) is 11.8 Å². The molecule has 3 rings (SSSR count). The van der Waals surface area contributed by atoms with Crippen molar-refractivity contribution in [3.05, 3.63) is 18.1 Å². The molecule has 142 valence electrons. The number of nitrogens with zero attached hydrogens (tertiary/aromatic N) is 2. The molecule has 0 spiro atoms. The van der Waals surface area contributed by atoms with Crippen LogP contribution in [0.5, 0.6) is 0 Å². The van der Waals surface area contributed by atoms with E-state index in [2.05, 4.69) is 20.3 Å². The number of anilines is 1. The summed E-state index contributed by atoms with van der Waals surface area (Å²) >= 11 is 0. The fourth-order valence-corrected chi connectivity index (χ4v) is 3.12. The van der Waals surface area contributed by atoms with E-state index < -0.39 is 36.3 Å². The lowest BCUT2D eigenvalue weighted by Gasteiger charge is -2.24. The van der Waals surface area contributed by atoms with E-state index in [-0.39, 0.29) is 18.3 Å². The van der Waals surface area contributed by atoms with Crippen molar-refractivity contribution in [2.75, 3.05) is 12.3 Å². The molecule has 0 radical (unpaired) electrons. The second-order valence-corrected chi connectivity index (χ2v) is 6.82. The number of carbonyl (C=O) groups is 1. The van der Waals surface area contributed by atoms with Gasteiger partial charge < -0.3 is 31.4 Å². The van der Waals surface area contributed by atoms with Gasteiger partial charge in [0.25, 0.3) is 0 Å². The normalized spacial score (nSPS) is 27.2. The Bertz CT molecular complexity index is 794. The summed E-state index contributed by atoms with van der Waals surface area (Å²) in [6.45, 7) is 3.30. The van der Waals surface area contributed by atoms with Crippen LogP contribution in [-0.4, -0.2) is 62.0 Å². The van der Waals surface area contributed by atoms with E-state index in [1.54, 1.807) is 6.20 Å². The van der Waals surface area contributed by atoms with Crippen LogP contribution in [0.15, 0.2) is 12.5 Å². The quantitative estimate of drug-likeness (QED) is 0.356. The van der Waals surface area contributed by atoms with Crippen molar-refractivity contribution in [3.8, 4) is 0 Å². The Morgan fingerprint density at radius 1 is 1.42 bits per heavy atom. The molecular formula is C16H24N6O4. The van der Waals surface area contributed by atoms with Crippen molar-refractivity contribution in [3.63, 3.8) is 0 Å². The molecule has 8 N–H and O–H groups in total. The second-order valence-electron chi connectivity index (χ2n) is 6.82. The summed E-state index contributed by atoms with van der Waals surface area (Å²) in [4.78, 5) is 23.5. The SMILES string of the molecule is CC(C)C(N)C(=O)OC1C(c2c[nH]c3c(N)ncnc23)NC(CO)C1O. The van der Waals surface area contributed by atoms with Gasteiger partial charge in [-0.25, -0.2) is 9.97 Å². The minimum Gasteiger partial charge on any atom is -0.456 e. The highest BCUT2D eigenvalue weighted by atomic mass is 16.6. The highest BCUT2D eigenvalue weighted by Gasteiger charge is 2.46. The van der Waals surface area contributed by atoms with Crippen molar-refractivity contribution in [2.45, 2.75) is 44.2 Å². The first-order valence-electron chi connectivity index (χ1n) is 8.43. The average molecular weight is 364 g/mol. The Kier molecular flexibility index (Phi) is 5.10. The largest absolute Gasteiger partial charge is 0.456 e.